The van der Waals surface area contributed by atoms with E-state index in [4.69, 9.17) is 0 Å². The highest BCUT2D eigenvalue weighted by molar-refractivity contribution is 6.04. The van der Waals surface area contributed by atoms with Gasteiger partial charge in [0, 0.05) is 16.7 Å². The summed E-state index contributed by atoms with van der Waals surface area (Å²) in [7, 11) is 0. The SMILES string of the molecule is CC1(C)CCC2C(=O)C=C3[C@@]4(C)C=C(C#N)C(=O)C(C)(C)[C@@H]4CC[C@@]3(C)[C@]2(C)CC[C@@](C)(C(=O)O)CC1. The fourth-order valence-corrected chi connectivity index (χ4v) is 8.80. The third kappa shape index (κ3) is 3.88. The van der Waals surface area contributed by atoms with Crippen molar-refractivity contribution in [2.24, 2.45) is 44.3 Å². The number of hydrogen-bond donors (Lipinski definition) is 1. The van der Waals surface area contributed by atoms with E-state index < -0.39 is 27.6 Å². The zero-order chi connectivity index (χ0) is 27.8. The Hall–Kier alpha value is -2.22. The first-order valence-electron chi connectivity index (χ1n) is 14.1. The maximum Gasteiger partial charge on any atom is 0.309 e. The van der Waals surface area contributed by atoms with Gasteiger partial charge in [0.2, 0.25) is 0 Å². The van der Waals surface area contributed by atoms with E-state index in [0.29, 0.717) is 19.3 Å². The lowest BCUT2D eigenvalue weighted by atomic mass is 9.38. The highest BCUT2D eigenvalue weighted by Crippen LogP contribution is 2.70. The van der Waals surface area contributed by atoms with Gasteiger partial charge >= 0.3 is 5.97 Å². The molecule has 0 saturated heterocycles. The molecule has 5 nitrogen and oxygen atoms in total. The average Bonchev–Trinajstić information content (AvgIpc) is 2.80. The lowest BCUT2D eigenvalue weighted by Gasteiger charge is -2.65. The van der Waals surface area contributed by atoms with Gasteiger partial charge in [-0.2, -0.15) is 5.26 Å². The summed E-state index contributed by atoms with van der Waals surface area (Å²) in [5.74, 6) is -0.899. The standard InChI is InChI=1S/C32H45NO4/c1-27(2)11-9-21-22(34)17-24-30(6)18-20(19-33)25(35)28(3,4)23(30)10-12-32(24,8)31(21,7)16-15-29(5,14-13-27)26(36)37/h17-18,21,23H,9-16H2,1-8H3,(H,36,37)/t21?,23-,29-,30-,31+,32+/m0/s1. The van der Waals surface area contributed by atoms with Crippen molar-refractivity contribution in [1.82, 2.24) is 0 Å². The zero-order valence-electron chi connectivity index (χ0n) is 24.1. The van der Waals surface area contributed by atoms with E-state index >= 15 is 0 Å². The van der Waals surface area contributed by atoms with Gasteiger partial charge in [-0.15, -0.1) is 0 Å². The number of ketones is 2. The van der Waals surface area contributed by atoms with Gasteiger partial charge < -0.3 is 5.11 Å². The zero-order valence-corrected chi connectivity index (χ0v) is 24.1. The molecular formula is C32H45NO4. The maximum absolute atomic E-state index is 14.0. The molecule has 2 saturated carbocycles. The molecule has 4 aliphatic carbocycles. The Morgan fingerprint density at radius 2 is 1.54 bits per heavy atom. The maximum atomic E-state index is 14.0. The molecule has 0 bridgehead atoms. The van der Waals surface area contributed by atoms with Gasteiger partial charge in [0.1, 0.15) is 6.07 Å². The van der Waals surface area contributed by atoms with Crippen molar-refractivity contribution in [3.05, 3.63) is 23.3 Å². The first-order valence-corrected chi connectivity index (χ1v) is 14.1. The molecule has 0 spiro atoms. The molecule has 202 valence electrons. The molecule has 2 fully saturated rings. The van der Waals surface area contributed by atoms with E-state index in [1.54, 1.807) is 0 Å². The Kier molecular flexibility index (Phi) is 6.30. The molecule has 0 radical (unpaired) electrons. The number of carboxylic acids is 1. The Bertz CT molecular complexity index is 1150. The summed E-state index contributed by atoms with van der Waals surface area (Å²) < 4.78 is 0. The van der Waals surface area contributed by atoms with Crippen LogP contribution in [-0.4, -0.2) is 22.6 Å². The minimum atomic E-state index is -0.836. The average molecular weight is 508 g/mol. The quantitative estimate of drug-likeness (QED) is 0.409. The predicted molar refractivity (Wildman–Crippen MR) is 143 cm³/mol. The summed E-state index contributed by atoms with van der Waals surface area (Å²) in [5.41, 5.74) is -1.67. The van der Waals surface area contributed by atoms with Gasteiger partial charge in [-0.1, -0.05) is 60.1 Å². The van der Waals surface area contributed by atoms with E-state index in [9.17, 15) is 24.8 Å². The lowest BCUT2D eigenvalue weighted by Crippen LogP contribution is -2.60. The second-order valence-corrected chi connectivity index (χ2v) is 14.9. The Balaban J connectivity index is 1.91. The highest BCUT2D eigenvalue weighted by Gasteiger charge is 2.65. The molecule has 4 rings (SSSR count). The molecule has 4 aliphatic rings. The number of carbonyl (C=O) groups is 3. The fourth-order valence-electron chi connectivity index (χ4n) is 8.80. The summed E-state index contributed by atoms with van der Waals surface area (Å²) in [5, 5.41) is 20.1. The number of nitrogens with zero attached hydrogens (tertiary/aromatic N) is 1. The van der Waals surface area contributed by atoms with Crippen LogP contribution in [0.15, 0.2) is 23.3 Å². The van der Waals surface area contributed by atoms with Crippen LogP contribution < -0.4 is 0 Å². The summed E-state index contributed by atoms with van der Waals surface area (Å²) in [6, 6.07) is 2.15. The van der Waals surface area contributed by atoms with Crippen molar-refractivity contribution in [3.63, 3.8) is 0 Å². The minimum Gasteiger partial charge on any atom is -0.481 e. The van der Waals surface area contributed by atoms with E-state index in [0.717, 1.165) is 37.7 Å². The van der Waals surface area contributed by atoms with Gasteiger partial charge in [-0.05, 0) is 86.5 Å². The number of fused-ring (bicyclic) bond motifs is 5. The molecule has 0 heterocycles. The van der Waals surface area contributed by atoms with Crippen LogP contribution >= 0.6 is 0 Å². The van der Waals surface area contributed by atoms with Gasteiger partial charge in [0.15, 0.2) is 11.6 Å². The van der Waals surface area contributed by atoms with Crippen LogP contribution in [-0.2, 0) is 14.4 Å². The number of Topliss-reactive ketones (excluding diaryl/α,β-unsaturated/α-hetero) is 1. The lowest BCUT2D eigenvalue weighted by molar-refractivity contribution is -0.151. The molecule has 37 heavy (non-hydrogen) atoms. The van der Waals surface area contributed by atoms with E-state index in [1.807, 2.05) is 32.9 Å². The van der Waals surface area contributed by atoms with Crippen LogP contribution in [0.4, 0.5) is 0 Å². The van der Waals surface area contributed by atoms with Crippen molar-refractivity contribution in [3.8, 4) is 6.07 Å². The monoisotopic (exact) mass is 507 g/mol. The smallest absolute Gasteiger partial charge is 0.309 e. The van der Waals surface area contributed by atoms with E-state index in [1.165, 1.54) is 0 Å². The third-order valence-electron chi connectivity index (χ3n) is 11.9. The number of carboxylic acid groups (broad SMARTS) is 1. The number of carbonyl (C=O) groups excluding carboxylic acids is 2. The van der Waals surface area contributed by atoms with Gasteiger partial charge in [-0.25, -0.2) is 0 Å². The second kappa shape index (κ2) is 8.39. The van der Waals surface area contributed by atoms with Crippen molar-refractivity contribution < 1.29 is 19.5 Å². The number of rotatable bonds is 1. The fraction of sp³-hybridized carbons (Fsp3) is 0.750. The second-order valence-electron chi connectivity index (χ2n) is 14.9. The molecule has 0 aromatic rings. The molecule has 1 N–H and O–H groups in total. The molecule has 0 aromatic heterocycles. The van der Waals surface area contributed by atoms with Crippen LogP contribution in [0.2, 0.25) is 0 Å². The van der Waals surface area contributed by atoms with Crippen LogP contribution in [0.3, 0.4) is 0 Å². The first kappa shape index (κ1) is 27.8. The number of nitriles is 1. The number of allylic oxidation sites excluding steroid dienone is 4. The summed E-state index contributed by atoms with van der Waals surface area (Å²) in [6.45, 7) is 16.8. The molecule has 5 heteroatoms. The van der Waals surface area contributed by atoms with Crippen LogP contribution in [0.25, 0.3) is 0 Å². The molecular weight excluding hydrogens is 462 g/mol. The summed E-state index contributed by atoms with van der Waals surface area (Å²) in [6.07, 6.45) is 9.76. The topological polar surface area (TPSA) is 95.2 Å². The summed E-state index contributed by atoms with van der Waals surface area (Å²) >= 11 is 0. The predicted octanol–water partition coefficient (Wildman–Crippen LogP) is 7.07. The van der Waals surface area contributed by atoms with Crippen molar-refractivity contribution >= 4 is 17.5 Å². The number of aliphatic carboxylic acids is 1. The molecule has 6 atom stereocenters. The van der Waals surface area contributed by atoms with Crippen LogP contribution in [0, 0.1) is 55.7 Å². The van der Waals surface area contributed by atoms with Crippen molar-refractivity contribution in [2.45, 2.75) is 107 Å². The van der Waals surface area contributed by atoms with Gasteiger partial charge in [0.05, 0.1) is 11.0 Å². The number of hydrogen-bond acceptors (Lipinski definition) is 4. The van der Waals surface area contributed by atoms with Crippen molar-refractivity contribution in [1.29, 1.82) is 5.26 Å². The Morgan fingerprint density at radius 1 is 0.919 bits per heavy atom. The molecule has 0 aromatic carbocycles. The van der Waals surface area contributed by atoms with E-state index in [2.05, 4.69) is 40.7 Å². The normalized spacial score (nSPS) is 43.2. The first-order chi connectivity index (χ1) is 16.9. The van der Waals surface area contributed by atoms with Crippen LogP contribution in [0.1, 0.15) is 107 Å². The van der Waals surface area contributed by atoms with Gasteiger partial charge in [-0.3, -0.25) is 14.4 Å². The third-order valence-corrected chi connectivity index (χ3v) is 11.9. The molecule has 0 amide bonds. The summed E-state index contributed by atoms with van der Waals surface area (Å²) in [4.78, 5) is 39.7. The van der Waals surface area contributed by atoms with Crippen molar-refractivity contribution in [2.75, 3.05) is 0 Å². The Labute approximate surface area is 222 Å². The molecule has 0 aliphatic heterocycles. The molecule has 1 unspecified atom stereocenters. The van der Waals surface area contributed by atoms with Gasteiger partial charge in [0.25, 0.3) is 0 Å². The highest BCUT2D eigenvalue weighted by atomic mass is 16.4. The van der Waals surface area contributed by atoms with E-state index in [-0.39, 0.29) is 39.8 Å². The minimum absolute atomic E-state index is 0.000345. The largest absolute Gasteiger partial charge is 0.481 e. The van der Waals surface area contributed by atoms with Crippen LogP contribution in [0.5, 0.6) is 0 Å². The Morgan fingerprint density at radius 3 is 2.14 bits per heavy atom.